The Morgan fingerprint density at radius 2 is 1.75 bits per heavy atom. The van der Waals surface area contributed by atoms with E-state index in [2.05, 4.69) is 10.0 Å². The average molecular weight is 265 g/mol. The number of hydrogen-bond acceptors (Lipinski definition) is 3. The van der Waals surface area contributed by atoms with Gasteiger partial charge in [0.05, 0.1) is 4.90 Å². The Hall–Kier alpha value is -0.620. The highest BCUT2D eigenvalue weighted by molar-refractivity contribution is 7.89. The molecule has 1 aromatic carbocycles. The number of hydrogen-bond donors (Lipinski definition) is 2. The third-order valence-corrected chi connectivity index (χ3v) is 3.43. The first-order valence-corrected chi connectivity index (χ1v) is 6.34. The molecule has 0 saturated carbocycles. The molecule has 4 nitrogen and oxygen atoms in total. The smallest absolute Gasteiger partial charge is 0.240 e. The highest BCUT2D eigenvalue weighted by Gasteiger charge is 2.11. The molecule has 0 heterocycles. The second-order valence-electron chi connectivity index (χ2n) is 3.17. The Morgan fingerprint density at radius 1 is 1.12 bits per heavy atom. The molecular weight excluding hydrogens is 248 g/mol. The fourth-order valence-corrected chi connectivity index (χ4v) is 2.25. The molecule has 0 radical (unpaired) electrons. The van der Waals surface area contributed by atoms with Gasteiger partial charge in [0.2, 0.25) is 10.0 Å². The Morgan fingerprint density at radius 3 is 2.31 bits per heavy atom. The minimum Gasteiger partial charge on any atom is -0.320 e. The molecule has 1 rings (SSSR count). The standard InChI is InChI=1S/C10H16N2O2S.ClH/c1-11-8-5-9-12-15(13,14)10-6-3-2-4-7-10;/h2-4,6-7,11-12H,5,8-9H2,1H3;1H. The van der Waals surface area contributed by atoms with Crippen LogP contribution < -0.4 is 10.0 Å². The number of halogens is 1. The first-order chi connectivity index (χ1) is 7.17. The van der Waals surface area contributed by atoms with E-state index >= 15 is 0 Å². The number of nitrogens with one attached hydrogen (secondary N) is 2. The minimum absolute atomic E-state index is 0. The van der Waals surface area contributed by atoms with E-state index in [1.54, 1.807) is 30.3 Å². The summed E-state index contributed by atoms with van der Waals surface area (Å²) in [6.45, 7) is 1.26. The fourth-order valence-electron chi connectivity index (χ4n) is 1.15. The van der Waals surface area contributed by atoms with E-state index < -0.39 is 10.0 Å². The molecule has 6 heteroatoms. The van der Waals surface area contributed by atoms with Crippen molar-refractivity contribution in [1.29, 1.82) is 0 Å². The quantitative estimate of drug-likeness (QED) is 0.754. The summed E-state index contributed by atoms with van der Waals surface area (Å²) in [5, 5.41) is 2.96. The molecule has 2 N–H and O–H groups in total. The average Bonchev–Trinajstić information content (AvgIpc) is 2.26. The monoisotopic (exact) mass is 264 g/mol. The van der Waals surface area contributed by atoms with Crippen molar-refractivity contribution in [3.8, 4) is 0 Å². The molecule has 0 spiro atoms. The summed E-state index contributed by atoms with van der Waals surface area (Å²) >= 11 is 0. The maximum atomic E-state index is 11.7. The van der Waals surface area contributed by atoms with Crippen molar-refractivity contribution < 1.29 is 8.42 Å². The Balaban J connectivity index is 0.00000225. The van der Waals surface area contributed by atoms with Crippen LogP contribution in [0.15, 0.2) is 35.2 Å². The van der Waals surface area contributed by atoms with Gasteiger partial charge >= 0.3 is 0 Å². The van der Waals surface area contributed by atoms with Crippen LogP contribution in [0.4, 0.5) is 0 Å². The zero-order chi connectivity index (χ0) is 11.1. The molecule has 0 saturated heterocycles. The molecular formula is C10H17ClN2O2S. The highest BCUT2D eigenvalue weighted by Crippen LogP contribution is 2.06. The minimum atomic E-state index is -3.32. The summed E-state index contributed by atoms with van der Waals surface area (Å²) in [6.07, 6.45) is 0.780. The highest BCUT2D eigenvalue weighted by atomic mass is 35.5. The first kappa shape index (κ1) is 15.4. The Kier molecular flexibility index (Phi) is 7.33. The van der Waals surface area contributed by atoms with Crippen LogP contribution in [0.25, 0.3) is 0 Å². The topological polar surface area (TPSA) is 58.2 Å². The van der Waals surface area contributed by atoms with Gasteiger partial charge < -0.3 is 5.32 Å². The molecule has 0 atom stereocenters. The van der Waals surface area contributed by atoms with Crippen LogP contribution in [0.5, 0.6) is 0 Å². The van der Waals surface area contributed by atoms with E-state index in [9.17, 15) is 8.42 Å². The maximum Gasteiger partial charge on any atom is 0.240 e. The summed E-state index contributed by atoms with van der Waals surface area (Å²) < 4.78 is 25.9. The van der Waals surface area contributed by atoms with Gasteiger partial charge in [-0.2, -0.15) is 0 Å². The van der Waals surface area contributed by atoms with Gasteiger partial charge in [-0.05, 0) is 32.1 Å². The molecule has 0 aliphatic carbocycles. The third kappa shape index (κ3) is 4.94. The number of benzene rings is 1. The molecule has 0 aromatic heterocycles. The van der Waals surface area contributed by atoms with E-state index in [4.69, 9.17) is 0 Å². The number of rotatable bonds is 6. The lowest BCUT2D eigenvalue weighted by Crippen LogP contribution is -2.26. The maximum absolute atomic E-state index is 11.7. The molecule has 1 aromatic rings. The molecule has 0 unspecified atom stereocenters. The van der Waals surface area contributed by atoms with Crippen LogP contribution >= 0.6 is 12.4 Å². The predicted molar refractivity (Wildman–Crippen MR) is 67.4 cm³/mol. The van der Waals surface area contributed by atoms with Gasteiger partial charge in [-0.3, -0.25) is 0 Å². The van der Waals surface area contributed by atoms with Crippen molar-refractivity contribution in [2.45, 2.75) is 11.3 Å². The van der Waals surface area contributed by atoms with Gasteiger partial charge in [0.25, 0.3) is 0 Å². The normalized spacial score (nSPS) is 10.8. The molecule has 0 amide bonds. The Bertz CT molecular complexity index is 381. The first-order valence-electron chi connectivity index (χ1n) is 4.86. The second-order valence-corrected chi connectivity index (χ2v) is 4.93. The molecule has 16 heavy (non-hydrogen) atoms. The van der Waals surface area contributed by atoms with E-state index in [1.165, 1.54) is 0 Å². The third-order valence-electron chi connectivity index (χ3n) is 1.95. The van der Waals surface area contributed by atoms with Crippen molar-refractivity contribution in [2.24, 2.45) is 0 Å². The summed E-state index contributed by atoms with van der Waals surface area (Å²) in [4.78, 5) is 0.314. The fraction of sp³-hybridized carbons (Fsp3) is 0.400. The van der Waals surface area contributed by atoms with Gasteiger partial charge in [-0.1, -0.05) is 18.2 Å². The van der Waals surface area contributed by atoms with Crippen LogP contribution in [0.3, 0.4) is 0 Å². The van der Waals surface area contributed by atoms with E-state index in [-0.39, 0.29) is 12.4 Å². The van der Waals surface area contributed by atoms with Crippen molar-refractivity contribution in [2.75, 3.05) is 20.1 Å². The summed E-state index contributed by atoms with van der Waals surface area (Å²) in [6, 6.07) is 8.38. The van der Waals surface area contributed by atoms with Crippen LogP contribution in [-0.4, -0.2) is 28.6 Å². The van der Waals surface area contributed by atoms with Gasteiger partial charge in [0, 0.05) is 6.54 Å². The lowest BCUT2D eigenvalue weighted by Gasteiger charge is -2.05. The van der Waals surface area contributed by atoms with Crippen molar-refractivity contribution in [3.05, 3.63) is 30.3 Å². The van der Waals surface area contributed by atoms with E-state index in [0.717, 1.165) is 13.0 Å². The SMILES string of the molecule is CNCCCNS(=O)(=O)c1ccccc1.Cl. The zero-order valence-corrected chi connectivity index (χ0v) is 10.8. The van der Waals surface area contributed by atoms with Crippen molar-refractivity contribution >= 4 is 22.4 Å². The van der Waals surface area contributed by atoms with Crippen LogP contribution in [0.2, 0.25) is 0 Å². The largest absolute Gasteiger partial charge is 0.320 e. The summed E-state index contributed by atoms with van der Waals surface area (Å²) in [5.41, 5.74) is 0. The second kappa shape index (κ2) is 7.62. The Labute approximate surface area is 103 Å². The van der Waals surface area contributed by atoms with Crippen molar-refractivity contribution in [3.63, 3.8) is 0 Å². The lowest BCUT2D eigenvalue weighted by atomic mass is 10.4. The molecule has 0 aliphatic heterocycles. The van der Waals surface area contributed by atoms with E-state index in [1.807, 2.05) is 7.05 Å². The number of sulfonamides is 1. The van der Waals surface area contributed by atoms with Crippen LogP contribution in [-0.2, 0) is 10.0 Å². The molecule has 92 valence electrons. The lowest BCUT2D eigenvalue weighted by molar-refractivity contribution is 0.577. The molecule has 0 fully saturated rings. The van der Waals surface area contributed by atoms with Gasteiger partial charge in [0.1, 0.15) is 0 Å². The van der Waals surface area contributed by atoms with Gasteiger partial charge in [-0.25, -0.2) is 13.1 Å². The zero-order valence-electron chi connectivity index (χ0n) is 9.14. The predicted octanol–water partition coefficient (Wildman–Crippen LogP) is 0.996. The summed E-state index contributed by atoms with van der Waals surface area (Å²) in [5.74, 6) is 0. The van der Waals surface area contributed by atoms with E-state index in [0.29, 0.717) is 11.4 Å². The van der Waals surface area contributed by atoms with Crippen molar-refractivity contribution in [1.82, 2.24) is 10.0 Å². The van der Waals surface area contributed by atoms with Crippen LogP contribution in [0, 0.1) is 0 Å². The molecule has 0 aliphatic rings. The van der Waals surface area contributed by atoms with Gasteiger partial charge in [-0.15, -0.1) is 12.4 Å². The molecule has 0 bridgehead atoms. The van der Waals surface area contributed by atoms with Gasteiger partial charge in [0.15, 0.2) is 0 Å². The summed E-state index contributed by atoms with van der Waals surface area (Å²) in [7, 11) is -1.48. The van der Waals surface area contributed by atoms with Crippen LogP contribution in [0.1, 0.15) is 6.42 Å².